The van der Waals surface area contributed by atoms with Gasteiger partial charge in [0.25, 0.3) is 0 Å². The molecule has 2 saturated carbocycles. The topological polar surface area (TPSA) is 12.0 Å². The summed E-state index contributed by atoms with van der Waals surface area (Å²) in [6.45, 7) is 2.62. The maximum Gasteiger partial charge on any atom is -0.00146 e. The van der Waals surface area contributed by atoms with E-state index in [9.17, 15) is 0 Å². The van der Waals surface area contributed by atoms with Crippen LogP contribution in [-0.2, 0) is 0 Å². The van der Waals surface area contributed by atoms with Gasteiger partial charge in [0.2, 0.25) is 0 Å². The third-order valence-corrected chi connectivity index (χ3v) is 4.55. The maximum absolute atomic E-state index is 3.53. The van der Waals surface area contributed by atoms with E-state index in [0.717, 1.165) is 17.3 Å². The molecule has 1 atom stereocenters. The molecule has 2 aliphatic carbocycles. The van der Waals surface area contributed by atoms with E-state index in [4.69, 9.17) is 0 Å². The number of rotatable bonds is 2. The molecule has 0 aromatic heterocycles. The molecule has 0 amide bonds. The highest BCUT2D eigenvalue weighted by Crippen LogP contribution is 2.62. The van der Waals surface area contributed by atoms with E-state index >= 15 is 0 Å². The predicted molar refractivity (Wildman–Crippen MR) is 50.0 cm³/mol. The van der Waals surface area contributed by atoms with Gasteiger partial charge in [0.1, 0.15) is 0 Å². The van der Waals surface area contributed by atoms with Crippen LogP contribution in [0.3, 0.4) is 0 Å². The quantitative estimate of drug-likeness (QED) is 0.661. The summed E-state index contributed by atoms with van der Waals surface area (Å²) < 4.78 is 0. The van der Waals surface area contributed by atoms with E-state index in [0.29, 0.717) is 0 Å². The van der Waals surface area contributed by atoms with Gasteiger partial charge in [0.05, 0.1) is 0 Å². The van der Waals surface area contributed by atoms with Gasteiger partial charge in [-0.3, -0.25) is 0 Å². The number of hydrogen-bond acceptors (Lipinski definition) is 1. The minimum absolute atomic E-state index is 0.851. The van der Waals surface area contributed by atoms with Gasteiger partial charge in [-0.05, 0) is 62.4 Å². The first-order valence-corrected chi connectivity index (χ1v) is 5.62. The second-order valence-electron chi connectivity index (χ2n) is 5.05. The lowest BCUT2D eigenvalue weighted by atomic mass is 9.58. The molecule has 3 fully saturated rings. The summed E-state index contributed by atoms with van der Waals surface area (Å²) in [5.41, 5.74) is 0.851. The molecule has 3 rings (SSSR count). The van der Waals surface area contributed by atoms with Crippen LogP contribution in [-0.4, -0.2) is 13.1 Å². The Morgan fingerprint density at radius 1 is 1.00 bits per heavy atom. The van der Waals surface area contributed by atoms with Crippen molar-refractivity contribution >= 4 is 0 Å². The maximum atomic E-state index is 3.53. The molecule has 0 spiro atoms. The van der Waals surface area contributed by atoms with Crippen molar-refractivity contribution in [3.8, 4) is 0 Å². The summed E-state index contributed by atoms with van der Waals surface area (Å²) in [6, 6.07) is 0. The highest BCUT2D eigenvalue weighted by atomic mass is 14.9. The molecule has 3 aliphatic rings. The largest absolute Gasteiger partial charge is 0.316 e. The van der Waals surface area contributed by atoms with E-state index in [1.807, 2.05) is 0 Å². The Morgan fingerprint density at radius 3 is 2.25 bits per heavy atom. The van der Waals surface area contributed by atoms with Gasteiger partial charge in [-0.2, -0.15) is 0 Å². The molecule has 0 aromatic carbocycles. The molecule has 12 heavy (non-hydrogen) atoms. The highest BCUT2D eigenvalue weighted by molar-refractivity contribution is 5.04. The summed E-state index contributed by atoms with van der Waals surface area (Å²) in [6.07, 6.45) is 9.21. The average molecular weight is 165 g/mol. The van der Waals surface area contributed by atoms with Crippen LogP contribution in [0.2, 0.25) is 0 Å². The third-order valence-electron chi connectivity index (χ3n) is 4.55. The van der Waals surface area contributed by atoms with Crippen LogP contribution in [0.1, 0.15) is 38.5 Å². The van der Waals surface area contributed by atoms with Crippen LogP contribution in [0.15, 0.2) is 0 Å². The highest BCUT2D eigenvalue weighted by Gasteiger charge is 2.53. The van der Waals surface area contributed by atoms with Crippen molar-refractivity contribution in [1.29, 1.82) is 0 Å². The Hall–Kier alpha value is -0.0400. The summed E-state index contributed by atoms with van der Waals surface area (Å²) >= 11 is 0. The molecule has 0 aromatic rings. The van der Waals surface area contributed by atoms with Crippen LogP contribution in [0.4, 0.5) is 0 Å². The van der Waals surface area contributed by atoms with E-state index < -0.39 is 0 Å². The molecule has 1 N–H and O–H groups in total. The van der Waals surface area contributed by atoms with Crippen LogP contribution >= 0.6 is 0 Å². The van der Waals surface area contributed by atoms with Crippen molar-refractivity contribution in [2.75, 3.05) is 13.1 Å². The summed E-state index contributed by atoms with van der Waals surface area (Å²) in [4.78, 5) is 0. The van der Waals surface area contributed by atoms with Crippen molar-refractivity contribution in [2.45, 2.75) is 38.5 Å². The Kier molecular flexibility index (Phi) is 1.52. The molecule has 1 aliphatic heterocycles. The van der Waals surface area contributed by atoms with Gasteiger partial charge in [0.15, 0.2) is 0 Å². The molecule has 1 heterocycles. The summed E-state index contributed by atoms with van der Waals surface area (Å²) in [5.74, 6) is 2.20. The van der Waals surface area contributed by atoms with Crippen molar-refractivity contribution in [3.63, 3.8) is 0 Å². The third kappa shape index (κ3) is 0.891. The van der Waals surface area contributed by atoms with Gasteiger partial charge < -0.3 is 5.32 Å². The second kappa shape index (κ2) is 2.47. The fourth-order valence-corrected chi connectivity index (χ4v) is 3.54. The summed E-state index contributed by atoms with van der Waals surface area (Å²) in [5, 5.41) is 3.53. The van der Waals surface area contributed by atoms with Crippen LogP contribution < -0.4 is 5.32 Å². The van der Waals surface area contributed by atoms with E-state index in [1.165, 1.54) is 25.9 Å². The van der Waals surface area contributed by atoms with Crippen LogP contribution in [0.5, 0.6) is 0 Å². The smallest absolute Gasteiger partial charge is 0.00146 e. The normalized spacial score (nSPS) is 39.5. The van der Waals surface area contributed by atoms with Gasteiger partial charge in [0, 0.05) is 0 Å². The molecule has 1 heteroatoms. The standard InChI is InChI=1S/C11H19N/c1-5-11(6-1,9-2-3-9)10-4-7-12-8-10/h9-10,12H,1-8H2. The monoisotopic (exact) mass is 165 g/mol. The molecule has 1 saturated heterocycles. The SMILES string of the molecule is C1CC(C2CC2)(C2CCNC2)C1. The predicted octanol–water partition coefficient (Wildman–Crippen LogP) is 2.18. The van der Waals surface area contributed by atoms with Gasteiger partial charge in [-0.15, -0.1) is 0 Å². The summed E-state index contributed by atoms with van der Waals surface area (Å²) in [7, 11) is 0. The first-order chi connectivity index (χ1) is 5.92. The Labute approximate surface area is 74.9 Å². The van der Waals surface area contributed by atoms with Crippen LogP contribution in [0.25, 0.3) is 0 Å². The first kappa shape index (κ1) is 7.37. The lowest BCUT2D eigenvalue weighted by Crippen LogP contribution is -2.40. The molecule has 68 valence electrons. The second-order valence-corrected chi connectivity index (χ2v) is 5.05. The van der Waals surface area contributed by atoms with E-state index in [2.05, 4.69) is 5.32 Å². The molecular weight excluding hydrogens is 146 g/mol. The fraction of sp³-hybridized carbons (Fsp3) is 1.00. The van der Waals surface area contributed by atoms with Gasteiger partial charge in [-0.1, -0.05) is 6.42 Å². The Bertz CT molecular complexity index is 173. The van der Waals surface area contributed by atoms with Crippen LogP contribution in [0, 0.1) is 17.3 Å². The van der Waals surface area contributed by atoms with Gasteiger partial charge in [-0.25, -0.2) is 0 Å². The van der Waals surface area contributed by atoms with E-state index in [-0.39, 0.29) is 0 Å². The molecular formula is C11H19N. The lowest BCUT2D eigenvalue weighted by Gasteiger charge is -2.47. The number of hydrogen-bond donors (Lipinski definition) is 1. The van der Waals surface area contributed by atoms with Crippen molar-refractivity contribution in [1.82, 2.24) is 5.32 Å². The number of nitrogens with one attached hydrogen (secondary N) is 1. The first-order valence-electron chi connectivity index (χ1n) is 5.62. The van der Waals surface area contributed by atoms with E-state index in [1.54, 1.807) is 25.7 Å². The minimum Gasteiger partial charge on any atom is -0.316 e. The molecule has 0 radical (unpaired) electrons. The zero-order chi connectivity index (χ0) is 8.02. The lowest BCUT2D eigenvalue weighted by molar-refractivity contribution is 0.0320. The van der Waals surface area contributed by atoms with Crippen molar-refractivity contribution in [2.24, 2.45) is 17.3 Å². The molecule has 1 unspecified atom stereocenters. The van der Waals surface area contributed by atoms with Crippen molar-refractivity contribution < 1.29 is 0 Å². The molecule has 1 nitrogen and oxygen atoms in total. The zero-order valence-corrected chi connectivity index (χ0v) is 7.81. The Balaban J connectivity index is 1.76. The van der Waals surface area contributed by atoms with Gasteiger partial charge >= 0.3 is 0 Å². The van der Waals surface area contributed by atoms with Crippen molar-refractivity contribution in [3.05, 3.63) is 0 Å². The fourth-order valence-electron chi connectivity index (χ4n) is 3.54. The molecule has 0 bridgehead atoms. The Morgan fingerprint density at radius 2 is 1.83 bits per heavy atom. The minimum atomic E-state index is 0.851. The average Bonchev–Trinajstić information content (AvgIpc) is 2.64. The zero-order valence-electron chi connectivity index (χ0n) is 7.81.